The number of hydrogen-bond donors (Lipinski definition) is 2. The standard InChI is InChI=1S/C14H13BrN2O3/c1-9(16-14(19)12-3-2-8-20-12)13(18)17-11-6-4-10(15)5-7-11/h2-9H,1H3,(H,16,19)(H,17,18)/t9-/m0/s1. The molecule has 1 atom stereocenters. The van der Waals surface area contributed by atoms with E-state index in [9.17, 15) is 9.59 Å². The summed E-state index contributed by atoms with van der Waals surface area (Å²) in [7, 11) is 0. The van der Waals surface area contributed by atoms with E-state index in [2.05, 4.69) is 26.6 Å². The van der Waals surface area contributed by atoms with Crippen LogP contribution in [0.3, 0.4) is 0 Å². The van der Waals surface area contributed by atoms with E-state index >= 15 is 0 Å². The molecule has 0 bridgehead atoms. The van der Waals surface area contributed by atoms with Gasteiger partial charge < -0.3 is 15.1 Å². The number of nitrogens with one attached hydrogen (secondary N) is 2. The third-order valence-corrected chi connectivity index (χ3v) is 3.13. The van der Waals surface area contributed by atoms with Gasteiger partial charge in [0.1, 0.15) is 6.04 Å². The molecule has 0 saturated carbocycles. The van der Waals surface area contributed by atoms with Gasteiger partial charge in [-0.15, -0.1) is 0 Å². The van der Waals surface area contributed by atoms with Crippen LogP contribution < -0.4 is 10.6 Å². The number of halogens is 1. The fourth-order valence-electron chi connectivity index (χ4n) is 1.52. The molecule has 1 heterocycles. The topological polar surface area (TPSA) is 71.3 Å². The molecule has 1 aromatic heterocycles. The quantitative estimate of drug-likeness (QED) is 0.901. The van der Waals surface area contributed by atoms with Gasteiger partial charge in [-0.1, -0.05) is 15.9 Å². The van der Waals surface area contributed by atoms with Gasteiger partial charge in [0, 0.05) is 10.2 Å². The third-order valence-electron chi connectivity index (χ3n) is 2.60. The van der Waals surface area contributed by atoms with Crippen molar-refractivity contribution in [2.24, 2.45) is 0 Å². The summed E-state index contributed by atoms with van der Waals surface area (Å²) >= 11 is 3.32. The minimum absolute atomic E-state index is 0.174. The Morgan fingerprint density at radius 2 is 1.90 bits per heavy atom. The molecule has 1 aromatic carbocycles. The summed E-state index contributed by atoms with van der Waals surface area (Å²) in [5, 5.41) is 5.27. The first-order valence-electron chi connectivity index (χ1n) is 5.97. The molecule has 104 valence electrons. The molecule has 2 rings (SSSR count). The Morgan fingerprint density at radius 3 is 2.50 bits per heavy atom. The molecule has 20 heavy (non-hydrogen) atoms. The highest BCUT2D eigenvalue weighted by Gasteiger charge is 2.18. The summed E-state index contributed by atoms with van der Waals surface area (Å²) in [6.45, 7) is 1.61. The minimum Gasteiger partial charge on any atom is -0.459 e. The second kappa shape index (κ2) is 6.38. The van der Waals surface area contributed by atoms with Crippen LogP contribution in [0.5, 0.6) is 0 Å². The Kier molecular flexibility index (Phi) is 4.57. The number of rotatable bonds is 4. The molecule has 0 aliphatic carbocycles. The van der Waals surface area contributed by atoms with Gasteiger partial charge in [-0.2, -0.15) is 0 Å². The van der Waals surface area contributed by atoms with Gasteiger partial charge in [-0.3, -0.25) is 9.59 Å². The van der Waals surface area contributed by atoms with Crippen molar-refractivity contribution in [2.45, 2.75) is 13.0 Å². The Balaban J connectivity index is 1.92. The molecule has 5 nitrogen and oxygen atoms in total. The number of anilines is 1. The van der Waals surface area contributed by atoms with E-state index in [1.54, 1.807) is 25.1 Å². The number of hydrogen-bond acceptors (Lipinski definition) is 3. The van der Waals surface area contributed by atoms with Crippen LogP contribution in [-0.4, -0.2) is 17.9 Å². The van der Waals surface area contributed by atoms with Crippen LogP contribution in [0.25, 0.3) is 0 Å². The van der Waals surface area contributed by atoms with Crippen LogP contribution in [0.2, 0.25) is 0 Å². The molecule has 0 saturated heterocycles. The van der Waals surface area contributed by atoms with Crippen LogP contribution in [0.15, 0.2) is 51.6 Å². The van der Waals surface area contributed by atoms with Crippen molar-refractivity contribution in [1.82, 2.24) is 5.32 Å². The largest absolute Gasteiger partial charge is 0.459 e. The number of carbonyl (C=O) groups excluding carboxylic acids is 2. The average Bonchev–Trinajstić information content (AvgIpc) is 2.95. The van der Waals surface area contributed by atoms with Crippen molar-refractivity contribution in [3.05, 3.63) is 52.9 Å². The molecule has 0 spiro atoms. The SMILES string of the molecule is C[C@H](NC(=O)c1ccco1)C(=O)Nc1ccc(Br)cc1. The van der Waals surface area contributed by atoms with E-state index in [0.717, 1.165) is 4.47 Å². The van der Waals surface area contributed by atoms with Crippen LogP contribution in [0.4, 0.5) is 5.69 Å². The maximum absolute atomic E-state index is 11.9. The molecule has 2 amide bonds. The molecule has 0 aliphatic rings. The number of benzene rings is 1. The lowest BCUT2D eigenvalue weighted by Crippen LogP contribution is -2.41. The van der Waals surface area contributed by atoms with Gasteiger partial charge in [0.2, 0.25) is 5.91 Å². The number of amides is 2. The minimum atomic E-state index is -0.670. The van der Waals surface area contributed by atoms with E-state index in [1.165, 1.54) is 12.3 Å². The lowest BCUT2D eigenvalue weighted by molar-refractivity contribution is -0.117. The van der Waals surface area contributed by atoms with E-state index in [0.29, 0.717) is 5.69 Å². The fourth-order valence-corrected chi connectivity index (χ4v) is 1.79. The van der Waals surface area contributed by atoms with Crippen molar-refractivity contribution >= 4 is 33.4 Å². The zero-order valence-electron chi connectivity index (χ0n) is 10.7. The Morgan fingerprint density at radius 1 is 1.20 bits per heavy atom. The monoisotopic (exact) mass is 336 g/mol. The van der Waals surface area contributed by atoms with Gasteiger partial charge in [0.15, 0.2) is 5.76 Å². The summed E-state index contributed by atoms with van der Waals surface area (Å²) in [6, 6.07) is 9.65. The molecule has 0 aliphatic heterocycles. The summed E-state index contributed by atoms with van der Waals surface area (Å²) < 4.78 is 5.88. The zero-order chi connectivity index (χ0) is 14.5. The van der Waals surface area contributed by atoms with Gasteiger partial charge in [0.25, 0.3) is 5.91 Å². The first kappa shape index (κ1) is 14.3. The van der Waals surface area contributed by atoms with Gasteiger partial charge in [0.05, 0.1) is 6.26 Å². The predicted octanol–water partition coefficient (Wildman–Crippen LogP) is 2.80. The van der Waals surface area contributed by atoms with E-state index in [4.69, 9.17) is 4.42 Å². The Labute approximate surface area is 124 Å². The summed E-state index contributed by atoms with van der Waals surface area (Å²) in [5.41, 5.74) is 0.664. The van der Waals surface area contributed by atoms with Crippen molar-refractivity contribution < 1.29 is 14.0 Å². The predicted molar refractivity (Wildman–Crippen MR) is 78.4 cm³/mol. The maximum Gasteiger partial charge on any atom is 0.287 e. The molecule has 0 radical (unpaired) electrons. The number of furan rings is 1. The van der Waals surface area contributed by atoms with Gasteiger partial charge >= 0.3 is 0 Å². The van der Waals surface area contributed by atoms with Crippen LogP contribution in [0.1, 0.15) is 17.5 Å². The Bertz CT molecular complexity index is 593. The van der Waals surface area contributed by atoms with Gasteiger partial charge in [-0.05, 0) is 43.3 Å². The summed E-state index contributed by atoms with van der Waals surface area (Å²) in [5.74, 6) is -0.547. The molecular weight excluding hydrogens is 324 g/mol. The van der Waals surface area contributed by atoms with Crippen molar-refractivity contribution in [2.75, 3.05) is 5.32 Å². The summed E-state index contributed by atoms with van der Waals surface area (Å²) in [6.07, 6.45) is 1.40. The van der Waals surface area contributed by atoms with E-state index < -0.39 is 11.9 Å². The van der Waals surface area contributed by atoms with Crippen LogP contribution in [-0.2, 0) is 4.79 Å². The first-order valence-corrected chi connectivity index (χ1v) is 6.76. The van der Waals surface area contributed by atoms with E-state index in [-0.39, 0.29) is 11.7 Å². The maximum atomic E-state index is 11.9. The van der Waals surface area contributed by atoms with Crippen LogP contribution in [0, 0.1) is 0 Å². The highest BCUT2D eigenvalue weighted by atomic mass is 79.9. The van der Waals surface area contributed by atoms with Crippen molar-refractivity contribution in [1.29, 1.82) is 0 Å². The molecule has 6 heteroatoms. The molecule has 0 fully saturated rings. The lowest BCUT2D eigenvalue weighted by atomic mass is 10.2. The second-order valence-corrected chi connectivity index (χ2v) is 5.08. The van der Waals surface area contributed by atoms with Crippen molar-refractivity contribution in [3.63, 3.8) is 0 Å². The Hall–Kier alpha value is -2.08. The fraction of sp³-hybridized carbons (Fsp3) is 0.143. The molecule has 2 N–H and O–H groups in total. The van der Waals surface area contributed by atoms with Crippen molar-refractivity contribution in [3.8, 4) is 0 Å². The molecule has 0 unspecified atom stereocenters. The average molecular weight is 337 g/mol. The lowest BCUT2D eigenvalue weighted by Gasteiger charge is -2.13. The second-order valence-electron chi connectivity index (χ2n) is 4.17. The van der Waals surface area contributed by atoms with E-state index in [1.807, 2.05) is 12.1 Å². The third kappa shape index (κ3) is 3.71. The normalized spacial score (nSPS) is 11.7. The number of carbonyl (C=O) groups is 2. The molecular formula is C14H13BrN2O3. The van der Waals surface area contributed by atoms with Gasteiger partial charge in [-0.25, -0.2) is 0 Å². The first-order chi connectivity index (χ1) is 9.56. The smallest absolute Gasteiger partial charge is 0.287 e. The highest BCUT2D eigenvalue weighted by Crippen LogP contribution is 2.14. The van der Waals surface area contributed by atoms with Crippen LogP contribution >= 0.6 is 15.9 Å². The molecule has 2 aromatic rings. The zero-order valence-corrected chi connectivity index (χ0v) is 12.3. The highest BCUT2D eigenvalue weighted by molar-refractivity contribution is 9.10. The summed E-state index contributed by atoms with van der Waals surface area (Å²) in [4.78, 5) is 23.7.